The zero-order chi connectivity index (χ0) is 10.8. The molecule has 0 aliphatic heterocycles. The lowest BCUT2D eigenvalue weighted by Gasteiger charge is -2.16. The zero-order valence-corrected chi connectivity index (χ0v) is 8.32. The van der Waals surface area contributed by atoms with Crippen LogP contribution < -0.4 is 5.73 Å². The molecule has 5 heteroatoms. The Balaban J connectivity index is 2.95. The molecule has 78 valence electrons. The van der Waals surface area contributed by atoms with Crippen LogP contribution in [0.15, 0.2) is 29.2 Å². The number of alkyl halides is 3. The summed E-state index contributed by atoms with van der Waals surface area (Å²) in [5.41, 5.74) is 5.16. The highest BCUT2D eigenvalue weighted by Gasteiger charge is 2.37. The van der Waals surface area contributed by atoms with E-state index >= 15 is 0 Å². The molecule has 0 saturated heterocycles. The van der Waals surface area contributed by atoms with E-state index in [0.717, 1.165) is 4.90 Å². The van der Waals surface area contributed by atoms with E-state index in [0.29, 0.717) is 0 Å². The van der Waals surface area contributed by atoms with Gasteiger partial charge < -0.3 is 5.73 Å². The molecule has 1 atom stereocenters. The van der Waals surface area contributed by atoms with Crippen molar-refractivity contribution >= 4 is 11.8 Å². The van der Waals surface area contributed by atoms with Crippen molar-refractivity contribution in [2.75, 3.05) is 6.26 Å². The monoisotopic (exact) mass is 221 g/mol. The van der Waals surface area contributed by atoms with E-state index < -0.39 is 12.2 Å². The number of benzene rings is 1. The van der Waals surface area contributed by atoms with Crippen LogP contribution in [-0.2, 0) is 0 Å². The van der Waals surface area contributed by atoms with Gasteiger partial charge in [-0.05, 0) is 24.0 Å². The van der Waals surface area contributed by atoms with Crippen LogP contribution in [0, 0.1) is 0 Å². The average molecular weight is 221 g/mol. The summed E-state index contributed by atoms with van der Waals surface area (Å²) in [6, 6.07) is 4.28. The normalized spacial score (nSPS) is 14.1. The minimum Gasteiger partial charge on any atom is -0.316 e. The number of halogens is 3. The highest BCUT2D eigenvalue weighted by atomic mass is 32.2. The average Bonchev–Trinajstić information content (AvgIpc) is 2.15. The minimum absolute atomic E-state index is 0.101. The third kappa shape index (κ3) is 2.65. The van der Waals surface area contributed by atoms with E-state index in [9.17, 15) is 13.2 Å². The fraction of sp³-hybridized carbons (Fsp3) is 0.333. The summed E-state index contributed by atoms with van der Waals surface area (Å²) >= 11 is 1.39. The third-order valence-electron chi connectivity index (χ3n) is 1.81. The molecule has 0 aliphatic carbocycles. The van der Waals surface area contributed by atoms with Gasteiger partial charge in [-0.25, -0.2) is 0 Å². The van der Waals surface area contributed by atoms with Crippen molar-refractivity contribution in [1.29, 1.82) is 0 Å². The first-order valence-electron chi connectivity index (χ1n) is 3.91. The predicted molar refractivity (Wildman–Crippen MR) is 51.2 cm³/mol. The van der Waals surface area contributed by atoms with E-state index in [4.69, 9.17) is 5.73 Å². The fourth-order valence-electron chi connectivity index (χ4n) is 1.02. The molecular weight excluding hydrogens is 211 g/mol. The number of hydrogen-bond donors (Lipinski definition) is 1. The van der Waals surface area contributed by atoms with E-state index in [-0.39, 0.29) is 5.56 Å². The molecule has 1 nitrogen and oxygen atoms in total. The summed E-state index contributed by atoms with van der Waals surface area (Å²) in [7, 11) is 0. The Morgan fingerprint density at radius 3 is 2.50 bits per heavy atom. The van der Waals surface area contributed by atoms with E-state index in [2.05, 4.69) is 0 Å². The van der Waals surface area contributed by atoms with Gasteiger partial charge in [-0.1, -0.05) is 12.1 Å². The Labute approximate surface area is 84.5 Å². The first-order chi connectivity index (χ1) is 6.45. The van der Waals surface area contributed by atoms with Gasteiger partial charge in [0.15, 0.2) is 0 Å². The number of rotatable bonds is 2. The van der Waals surface area contributed by atoms with Gasteiger partial charge in [-0.2, -0.15) is 13.2 Å². The SMILES string of the molecule is CSc1cccc([C@@H](N)C(F)(F)F)c1. The van der Waals surface area contributed by atoms with Crippen molar-refractivity contribution in [3.8, 4) is 0 Å². The molecule has 2 N–H and O–H groups in total. The molecule has 0 aromatic heterocycles. The zero-order valence-electron chi connectivity index (χ0n) is 7.51. The Hall–Kier alpha value is -0.680. The van der Waals surface area contributed by atoms with Crippen LogP contribution >= 0.6 is 11.8 Å². The molecule has 1 aromatic carbocycles. The topological polar surface area (TPSA) is 26.0 Å². The van der Waals surface area contributed by atoms with Gasteiger partial charge in [0.1, 0.15) is 6.04 Å². The van der Waals surface area contributed by atoms with Gasteiger partial charge in [-0.3, -0.25) is 0 Å². The van der Waals surface area contributed by atoms with Gasteiger partial charge in [0.05, 0.1) is 0 Å². The van der Waals surface area contributed by atoms with Gasteiger partial charge in [0.25, 0.3) is 0 Å². The van der Waals surface area contributed by atoms with Crippen molar-refractivity contribution in [3.63, 3.8) is 0 Å². The lowest BCUT2D eigenvalue weighted by molar-refractivity contribution is -0.149. The Morgan fingerprint density at radius 1 is 1.36 bits per heavy atom. The minimum atomic E-state index is -4.38. The molecule has 0 saturated carbocycles. The standard InChI is InChI=1S/C9H10F3NS/c1-14-7-4-2-3-6(5-7)8(13)9(10,11)12/h2-5,8H,13H2,1H3/t8-/m1/s1. The Bertz CT molecular complexity index is 311. The maximum atomic E-state index is 12.2. The first kappa shape index (κ1) is 11.4. The second kappa shape index (κ2) is 4.23. The highest BCUT2D eigenvalue weighted by molar-refractivity contribution is 7.98. The number of nitrogens with two attached hydrogens (primary N) is 1. The van der Waals surface area contributed by atoms with E-state index in [1.54, 1.807) is 18.4 Å². The maximum absolute atomic E-state index is 12.2. The smallest absolute Gasteiger partial charge is 0.316 e. The Morgan fingerprint density at radius 2 is 2.00 bits per heavy atom. The molecule has 0 radical (unpaired) electrons. The molecule has 0 bridgehead atoms. The molecule has 14 heavy (non-hydrogen) atoms. The van der Waals surface area contributed by atoms with Crippen molar-refractivity contribution < 1.29 is 13.2 Å². The van der Waals surface area contributed by atoms with Crippen LogP contribution in [0.3, 0.4) is 0 Å². The molecule has 0 aliphatic rings. The molecule has 0 fully saturated rings. The quantitative estimate of drug-likeness (QED) is 0.777. The van der Waals surface area contributed by atoms with Crippen LogP contribution in [0.4, 0.5) is 13.2 Å². The van der Waals surface area contributed by atoms with Crippen LogP contribution in [0.5, 0.6) is 0 Å². The largest absolute Gasteiger partial charge is 0.407 e. The van der Waals surface area contributed by atoms with E-state index in [1.165, 1.54) is 23.9 Å². The molecule has 1 aromatic rings. The molecule has 0 amide bonds. The molecular formula is C9H10F3NS. The first-order valence-corrected chi connectivity index (χ1v) is 5.14. The maximum Gasteiger partial charge on any atom is 0.407 e. The van der Waals surface area contributed by atoms with Crippen molar-refractivity contribution in [2.45, 2.75) is 17.1 Å². The molecule has 0 heterocycles. The van der Waals surface area contributed by atoms with Gasteiger partial charge >= 0.3 is 6.18 Å². The van der Waals surface area contributed by atoms with E-state index in [1.807, 2.05) is 0 Å². The fourth-order valence-corrected chi connectivity index (χ4v) is 1.49. The van der Waals surface area contributed by atoms with Crippen molar-refractivity contribution in [1.82, 2.24) is 0 Å². The second-order valence-corrected chi connectivity index (χ2v) is 3.68. The van der Waals surface area contributed by atoms with Gasteiger partial charge in [0, 0.05) is 4.90 Å². The summed E-state index contributed by atoms with van der Waals surface area (Å²) in [4.78, 5) is 0.780. The lowest BCUT2D eigenvalue weighted by atomic mass is 10.1. The summed E-state index contributed by atoms with van der Waals surface area (Å²) in [5, 5.41) is 0. The van der Waals surface area contributed by atoms with Gasteiger partial charge in [0.2, 0.25) is 0 Å². The van der Waals surface area contributed by atoms with Crippen LogP contribution in [0.1, 0.15) is 11.6 Å². The molecule has 1 rings (SSSR count). The predicted octanol–water partition coefficient (Wildman–Crippen LogP) is 2.97. The van der Waals surface area contributed by atoms with Crippen molar-refractivity contribution in [2.24, 2.45) is 5.73 Å². The third-order valence-corrected chi connectivity index (χ3v) is 2.53. The number of thioether (sulfide) groups is 1. The second-order valence-electron chi connectivity index (χ2n) is 2.80. The number of hydrogen-bond acceptors (Lipinski definition) is 2. The van der Waals surface area contributed by atoms with Crippen molar-refractivity contribution in [3.05, 3.63) is 29.8 Å². The van der Waals surface area contributed by atoms with Crippen LogP contribution in [0.2, 0.25) is 0 Å². The molecule has 0 spiro atoms. The lowest BCUT2D eigenvalue weighted by Crippen LogP contribution is -2.28. The Kier molecular flexibility index (Phi) is 3.44. The van der Waals surface area contributed by atoms with Crippen LogP contribution in [0.25, 0.3) is 0 Å². The van der Waals surface area contributed by atoms with Crippen LogP contribution in [-0.4, -0.2) is 12.4 Å². The molecule has 0 unspecified atom stereocenters. The summed E-state index contributed by atoms with van der Waals surface area (Å²) < 4.78 is 36.7. The summed E-state index contributed by atoms with van der Waals surface area (Å²) in [6.45, 7) is 0. The summed E-state index contributed by atoms with van der Waals surface area (Å²) in [5.74, 6) is 0. The van der Waals surface area contributed by atoms with Gasteiger partial charge in [-0.15, -0.1) is 11.8 Å². The summed E-state index contributed by atoms with van der Waals surface area (Å²) in [6.07, 6.45) is -2.57. The highest BCUT2D eigenvalue weighted by Crippen LogP contribution is 2.31.